The molecule has 5 nitrogen and oxygen atoms in total. The van der Waals surface area contributed by atoms with E-state index in [2.05, 4.69) is 4.98 Å². The number of Topliss-reactive ketones (excluding diaryl/α,β-unsaturated/α-hetero) is 1. The summed E-state index contributed by atoms with van der Waals surface area (Å²) in [4.78, 5) is 24.4. The highest BCUT2D eigenvalue weighted by Crippen LogP contribution is 2.26. The van der Waals surface area contributed by atoms with Crippen molar-refractivity contribution in [3.63, 3.8) is 0 Å². The highest BCUT2D eigenvalue weighted by Gasteiger charge is 2.41. The van der Waals surface area contributed by atoms with Gasteiger partial charge in [0, 0.05) is 0 Å². The Labute approximate surface area is 97.2 Å². The lowest BCUT2D eigenvalue weighted by Gasteiger charge is -2.09. The Morgan fingerprint density at radius 1 is 1.35 bits per heavy atom. The van der Waals surface area contributed by atoms with Crippen molar-refractivity contribution >= 4 is 29.2 Å². The smallest absolute Gasteiger partial charge is 0.456 e. The first-order chi connectivity index (χ1) is 7.71. The standard InChI is InChI=1S/C8H4ClF3N2O3/c9-4-2-1-3(13-7(16)17)5(14-4)6(15)8(10,11)12/h1-2,13H,(H,16,17). The van der Waals surface area contributed by atoms with Gasteiger partial charge in [-0.1, -0.05) is 11.6 Å². The summed E-state index contributed by atoms with van der Waals surface area (Å²) in [6.45, 7) is 0. The van der Waals surface area contributed by atoms with Crippen LogP contribution in [0.5, 0.6) is 0 Å². The molecule has 0 fully saturated rings. The normalized spacial score (nSPS) is 11.1. The highest BCUT2D eigenvalue weighted by atomic mass is 35.5. The van der Waals surface area contributed by atoms with E-state index in [1.54, 1.807) is 5.32 Å². The maximum absolute atomic E-state index is 12.2. The molecule has 0 unspecified atom stereocenters. The van der Waals surface area contributed by atoms with Gasteiger partial charge in [0.15, 0.2) is 0 Å². The molecule has 0 aromatic carbocycles. The molecule has 0 radical (unpaired) electrons. The predicted molar refractivity (Wildman–Crippen MR) is 51.3 cm³/mol. The first-order valence-electron chi connectivity index (χ1n) is 4.00. The average Bonchev–Trinajstić information content (AvgIpc) is 2.17. The van der Waals surface area contributed by atoms with Crippen LogP contribution >= 0.6 is 11.6 Å². The van der Waals surface area contributed by atoms with Gasteiger partial charge in [-0.05, 0) is 12.1 Å². The van der Waals surface area contributed by atoms with E-state index in [9.17, 15) is 22.8 Å². The molecule has 92 valence electrons. The van der Waals surface area contributed by atoms with Crippen molar-refractivity contribution in [1.82, 2.24) is 4.98 Å². The summed E-state index contributed by atoms with van der Waals surface area (Å²) in [5.41, 5.74) is -1.67. The zero-order valence-corrected chi connectivity index (χ0v) is 8.63. The minimum absolute atomic E-state index is 0.353. The van der Waals surface area contributed by atoms with Crippen molar-refractivity contribution in [1.29, 1.82) is 0 Å². The molecule has 0 spiro atoms. The van der Waals surface area contributed by atoms with E-state index in [0.717, 1.165) is 12.1 Å². The van der Waals surface area contributed by atoms with Gasteiger partial charge in [0.2, 0.25) is 0 Å². The number of halogens is 4. The van der Waals surface area contributed by atoms with Crippen molar-refractivity contribution in [2.75, 3.05) is 5.32 Å². The Kier molecular flexibility index (Phi) is 3.56. The molecular weight excluding hydrogens is 265 g/mol. The van der Waals surface area contributed by atoms with E-state index in [0.29, 0.717) is 0 Å². The number of carbonyl (C=O) groups is 2. The number of aromatic nitrogens is 1. The number of hydrogen-bond donors (Lipinski definition) is 2. The molecule has 0 aliphatic carbocycles. The van der Waals surface area contributed by atoms with Crippen LogP contribution in [0.3, 0.4) is 0 Å². The first kappa shape index (κ1) is 13.2. The molecule has 0 saturated carbocycles. The second kappa shape index (κ2) is 4.58. The summed E-state index contributed by atoms with van der Waals surface area (Å²) in [6.07, 6.45) is -6.78. The summed E-state index contributed by atoms with van der Waals surface area (Å²) >= 11 is 5.34. The molecule has 1 rings (SSSR count). The number of alkyl halides is 3. The average molecular weight is 269 g/mol. The summed E-state index contributed by atoms with van der Waals surface area (Å²) in [6, 6.07) is 1.97. The monoisotopic (exact) mass is 268 g/mol. The Morgan fingerprint density at radius 2 is 1.94 bits per heavy atom. The lowest BCUT2D eigenvalue weighted by atomic mass is 10.2. The van der Waals surface area contributed by atoms with Crippen LogP contribution in [0.2, 0.25) is 5.15 Å². The third-order valence-electron chi connectivity index (χ3n) is 1.58. The van der Waals surface area contributed by atoms with Crippen molar-refractivity contribution < 1.29 is 27.9 Å². The van der Waals surface area contributed by atoms with Crippen molar-refractivity contribution in [2.24, 2.45) is 0 Å². The van der Waals surface area contributed by atoms with E-state index >= 15 is 0 Å². The molecule has 1 amide bonds. The number of amides is 1. The summed E-state index contributed by atoms with van der Waals surface area (Å²) in [5.74, 6) is -2.27. The largest absolute Gasteiger partial charge is 0.465 e. The fourth-order valence-electron chi connectivity index (χ4n) is 0.959. The minimum atomic E-state index is -5.16. The van der Waals surface area contributed by atoms with Crippen LogP contribution < -0.4 is 5.32 Å². The molecule has 1 aromatic heterocycles. The van der Waals surface area contributed by atoms with Crippen molar-refractivity contribution in [3.8, 4) is 0 Å². The molecule has 0 aliphatic heterocycles. The first-order valence-corrected chi connectivity index (χ1v) is 4.37. The quantitative estimate of drug-likeness (QED) is 0.638. The van der Waals surface area contributed by atoms with Crippen LogP contribution in [0.25, 0.3) is 0 Å². The van der Waals surface area contributed by atoms with Gasteiger partial charge in [-0.25, -0.2) is 9.78 Å². The van der Waals surface area contributed by atoms with Crippen LogP contribution in [-0.2, 0) is 0 Å². The fourth-order valence-corrected chi connectivity index (χ4v) is 1.11. The van der Waals surface area contributed by atoms with Gasteiger partial charge in [0.25, 0.3) is 5.78 Å². The van der Waals surface area contributed by atoms with Gasteiger partial charge in [-0.15, -0.1) is 0 Å². The van der Waals surface area contributed by atoms with Crippen LogP contribution in [0.1, 0.15) is 10.5 Å². The topological polar surface area (TPSA) is 79.3 Å². The zero-order chi connectivity index (χ0) is 13.2. The maximum atomic E-state index is 12.2. The number of rotatable bonds is 2. The van der Waals surface area contributed by atoms with E-state index in [1.807, 2.05) is 0 Å². The minimum Gasteiger partial charge on any atom is -0.465 e. The molecule has 0 aliphatic rings. The van der Waals surface area contributed by atoms with Crippen molar-refractivity contribution in [3.05, 3.63) is 23.0 Å². The maximum Gasteiger partial charge on any atom is 0.456 e. The Hall–Kier alpha value is -1.83. The molecule has 17 heavy (non-hydrogen) atoms. The van der Waals surface area contributed by atoms with Crippen LogP contribution in [-0.4, -0.2) is 28.1 Å². The van der Waals surface area contributed by atoms with Crippen LogP contribution in [0.4, 0.5) is 23.7 Å². The van der Waals surface area contributed by atoms with Gasteiger partial charge >= 0.3 is 12.3 Å². The number of ketones is 1. The Bertz CT molecular complexity index is 476. The molecular formula is C8H4ClF3N2O3. The third kappa shape index (κ3) is 3.31. The van der Waals surface area contributed by atoms with E-state index < -0.39 is 29.4 Å². The zero-order valence-electron chi connectivity index (χ0n) is 7.88. The van der Waals surface area contributed by atoms with E-state index in [-0.39, 0.29) is 5.15 Å². The summed E-state index contributed by atoms with van der Waals surface area (Å²) in [7, 11) is 0. The Balaban J connectivity index is 3.25. The Morgan fingerprint density at radius 3 is 2.41 bits per heavy atom. The van der Waals surface area contributed by atoms with Gasteiger partial charge in [0.05, 0.1) is 5.69 Å². The number of hydrogen-bond acceptors (Lipinski definition) is 3. The molecule has 1 heterocycles. The molecule has 1 aromatic rings. The number of carboxylic acid groups (broad SMARTS) is 1. The lowest BCUT2D eigenvalue weighted by Crippen LogP contribution is -2.25. The summed E-state index contributed by atoms with van der Waals surface area (Å²) in [5, 5.41) is 9.66. The number of nitrogens with zero attached hydrogens (tertiary/aromatic N) is 1. The number of carbonyl (C=O) groups excluding carboxylic acids is 1. The van der Waals surface area contributed by atoms with Gasteiger partial charge < -0.3 is 5.11 Å². The number of pyridine rings is 1. The molecule has 0 saturated heterocycles. The van der Waals surface area contributed by atoms with E-state index in [4.69, 9.17) is 16.7 Å². The van der Waals surface area contributed by atoms with Gasteiger partial charge in [-0.2, -0.15) is 13.2 Å². The second-order valence-corrected chi connectivity index (χ2v) is 3.17. The molecule has 0 atom stereocenters. The SMILES string of the molecule is O=C(O)Nc1ccc(Cl)nc1C(=O)C(F)(F)F. The summed E-state index contributed by atoms with van der Waals surface area (Å²) < 4.78 is 36.5. The van der Waals surface area contributed by atoms with Gasteiger partial charge in [-0.3, -0.25) is 10.1 Å². The van der Waals surface area contributed by atoms with E-state index in [1.165, 1.54) is 0 Å². The van der Waals surface area contributed by atoms with Crippen molar-refractivity contribution in [2.45, 2.75) is 6.18 Å². The van der Waals surface area contributed by atoms with Crippen LogP contribution in [0.15, 0.2) is 12.1 Å². The third-order valence-corrected chi connectivity index (χ3v) is 1.79. The predicted octanol–water partition coefficient (Wildman–Crippen LogP) is 2.57. The lowest BCUT2D eigenvalue weighted by molar-refractivity contribution is -0.0887. The van der Waals surface area contributed by atoms with Gasteiger partial charge in [0.1, 0.15) is 10.8 Å². The number of anilines is 1. The molecule has 2 N–H and O–H groups in total. The molecule has 9 heteroatoms. The van der Waals surface area contributed by atoms with Crippen LogP contribution in [0, 0.1) is 0 Å². The fraction of sp³-hybridized carbons (Fsp3) is 0.125. The second-order valence-electron chi connectivity index (χ2n) is 2.79. The highest BCUT2D eigenvalue weighted by molar-refractivity contribution is 6.29. The number of nitrogens with one attached hydrogen (secondary N) is 1. The molecule has 0 bridgehead atoms.